The van der Waals surface area contributed by atoms with E-state index in [1.807, 2.05) is 0 Å². The molecule has 0 spiro atoms. The van der Waals surface area contributed by atoms with Crippen LogP contribution in [0.5, 0.6) is 0 Å². The number of nitrogens with two attached hydrogens (primary N) is 1. The van der Waals surface area contributed by atoms with Crippen molar-refractivity contribution < 1.29 is 4.79 Å². The molecule has 0 aliphatic carbocycles. The van der Waals surface area contributed by atoms with Crippen molar-refractivity contribution >= 4 is 18.5 Å². The molecule has 60 valence electrons. The Kier molecular flexibility index (Phi) is 5.43. The van der Waals surface area contributed by atoms with Gasteiger partial charge < -0.3 is 11.1 Å². The van der Waals surface area contributed by atoms with Gasteiger partial charge in [-0.25, -0.2) is 0 Å². The average molecular weight is 162 g/mol. The van der Waals surface area contributed by atoms with Gasteiger partial charge in [0.15, 0.2) is 0 Å². The first-order valence-electron chi connectivity index (χ1n) is 3.31. The van der Waals surface area contributed by atoms with Gasteiger partial charge in [0.25, 0.3) is 0 Å². The summed E-state index contributed by atoms with van der Waals surface area (Å²) in [6.45, 7) is 2.82. The van der Waals surface area contributed by atoms with E-state index >= 15 is 0 Å². The normalized spacial score (nSPS) is 12.7. The van der Waals surface area contributed by atoms with Crippen LogP contribution in [0.3, 0.4) is 0 Å². The van der Waals surface area contributed by atoms with Gasteiger partial charge in [0.1, 0.15) is 0 Å². The van der Waals surface area contributed by atoms with E-state index in [2.05, 4.69) is 17.9 Å². The van der Waals surface area contributed by atoms with E-state index in [0.717, 1.165) is 0 Å². The van der Waals surface area contributed by atoms with Gasteiger partial charge in [0.05, 0.1) is 0 Å². The highest BCUT2D eigenvalue weighted by molar-refractivity contribution is 7.80. The second kappa shape index (κ2) is 5.56. The zero-order valence-electron chi connectivity index (χ0n) is 6.13. The van der Waals surface area contributed by atoms with E-state index in [9.17, 15) is 4.79 Å². The summed E-state index contributed by atoms with van der Waals surface area (Å²) in [5.74, 6) is 0.597. The van der Waals surface area contributed by atoms with Gasteiger partial charge in [-0.1, -0.05) is 6.92 Å². The maximum Gasteiger partial charge on any atom is 0.224 e. The summed E-state index contributed by atoms with van der Waals surface area (Å²) in [7, 11) is 0. The number of hydrogen-bond donors (Lipinski definition) is 3. The van der Waals surface area contributed by atoms with Gasteiger partial charge in [-0.3, -0.25) is 4.79 Å². The van der Waals surface area contributed by atoms with E-state index in [1.165, 1.54) is 0 Å². The van der Waals surface area contributed by atoms with Crippen molar-refractivity contribution in [3.63, 3.8) is 0 Å². The highest BCUT2D eigenvalue weighted by Gasteiger charge is 2.08. The molecular weight excluding hydrogens is 148 g/mol. The molecule has 0 aliphatic rings. The molecule has 0 rings (SSSR count). The van der Waals surface area contributed by atoms with E-state index in [0.29, 0.717) is 18.8 Å². The molecule has 0 bridgehead atoms. The summed E-state index contributed by atoms with van der Waals surface area (Å²) in [6.07, 6.45) is 0. The van der Waals surface area contributed by atoms with Crippen LogP contribution < -0.4 is 11.1 Å². The number of amides is 1. The first kappa shape index (κ1) is 9.78. The average Bonchev–Trinajstić information content (AvgIpc) is 1.98. The van der Waals surface area contributed by atoms with Crippen LogP contribution >= 0.6 is 12.6 Å². The summed E-state index contributed by atoms with van der Waals surface area (Å²) >= 11 is 3.95. The van der Waals surface area contributed by atoms with E-state index in [1.54, 1.807) is 6.92 Å². The molecule has 0 radical (unpaired) electrons. The van der Waals surface area contributed by atoms with Crippen molar-refractivity contribution in [1.82, 2.24) is 5.32 Å². The maximum atomic E-state index is 10.9. The minimum Gasteiger partial charge on any atom is -0.355 e. The minimum absolute atomic E-state index is 0.0107. The van der Waals surface area contributed by atoms with Crippen molar-refractivity contribution in [1.29, 1.82) is 0 Å². The van der Waals surface area contributed by atoms with Crippen molar-refractivity contribution in [3.05, 3.63) is 0 Å². The highest BCUT2D eigenvalue weighted by Crippen LogP contribution is 1.89. The Morgan fingerprint density at radius 2 is 2.40 bits per heavy atom. The molecule has 0 saturated carbocycles. The molecular formula is C6H14N2OS. The van der Waals surface area contributed by atoms with Crippen LogP contribution in [0.2, 0.25) is 0 Å². The van der Waals surface area contributed by atoms with E-state index in [-0.39, 0.29) is 11.8 Å². The quantitative estimate of drug-likeness (QED) is 0.494. The van der Waals surface area contributed by atoms with Crippen LogP contribution in [-0.2, 0) is 4.79 Å². The molecule has 3 nitrogen and oxygen atoms in total. The summed E-state index contributed by atoms with van der Waals surface area (Å²) < 4.78 is 0. The lowest BCUT2D eigenvalue weighted by Crippen LogP contribution is -2.34. The monoisotopic (exact) mass is 162 g/mol. The van der Waals surface area contributed by atoms with Gasteiger partial charge in [-0.05, 0) is 0 Å². The topological polar surface area (TPSA) is 55.1 Å². The van der Waals surface area contributed by atoms with E-state index in [4.69, 9.17) is 5.73 Å². The Morgan fingerprint density at radius 3 is 2.80 bits per heavy atom. The second-order valence-corrected chi connectivity index (χ2v) is 2.60. The fourth-order valence-corrected chi connectivity index (χ4v) is 0.572. The third-order valence-electron chi connectivity index (χ3n) is 1.21. The molecule has 4 heteroatoms. The summed E-state index contributed by atoms with van der Waals surface area (Å²) in [6, 6.07) is 0. The number of hydrogen-bond acceptors (Lipinski definition) is 3. The SMILES string of the molecule is CC(CN)C(=O)NCCS. The lowest BCUT2D eigenvalue weighted by molar-refractivity contribution is -0.124. The molecule has 0 fully saturated rings. The predicted octanol–water partition coefficient (Wildman–Crippen LogP) is -0.373. The lowest BCUT2D eigenvalue weighted by atomic mass is 10.2. The van der Waals surface area contributed by atoms with Gasteiger partial charge in [0, 0.05) is 24.8 Å². The standard InChI is InChI=1S/C6H14N2OS/c1-5(4-7)6(9)8-2-3-10/h5,10H,2-4,7H2,1H3,(H,8,9). The zero-order chi connectivity index (χ0) is 7.98. The van der Waals surface area contributed by atoms with Gasteiger partial charge in [-0.15, -0.1) is 0 Å². The molecule has 10 heavy (non-hydrogen) atoms. The first-order chi connectivity index (χ1) is 4.72. The van der Waals surface area contributed by atoms with Crippen LogP contribution in [0.25, 0.3) is 0 Å². The Balaban J connectivity index is 3.42. The van der Waals surface area contributed by atoms with Crippen LogP contribution in [0, 0.1) is 5.92 Å². The largest absolute Gasteiger partial charge is 0.355 e. The molecule has 0 heterocycles. The fraction of sp³-hybridized carbons (Fsp3) is 0.833. The summed E-state index contributed by atoms with van der Waals surface area (Å²) in [5, 5.41) is 2.69. The van der Waals surface area contributed by atoms with Crippen LogP contribution in [-0.4, -0.2) is 24.7 Å². The Hall–Kier alpha value is -0.220. The van der Waals surface area contributed by atoms with Crippen molar-refractivity contribution in [2.75, 3.05) is 18.8 Å². The molecule has 0 aromatic carbocycles. The molecule has 0 aromatic rings. The Labute approximate surface area is 66.8 Å². The molecule has 0 aliphatic heterocycles. The third-order valence-corrected chi connectivity index (χ3v) is 1.44. The number of rotatable bonds is 4. The second-order valence-electron chi connectivity index (χ2n) is 2.15. The van der Waals surface area contributed by atoms with Crippen LogP contribution in [0.4, 0.5) is 0 Å². The van der Waals surface area contributed by atoms with Crippen molar-refractivity contribution in [2.45, 2.75) is 6.92 Å². The fourth-order valence-electron chi connectivity index (χ4n) is 0.460. The lowest BCUT2D eigenvalue weighted by Gasteiger charge is -2.07. The Morgan fingerprint density at radius 1 is 1.80 bits per heavy atom. The third kappa shape index (κ3) is 3.74. The van der Waals surface area contributed by atoms with Crippen LogP contribution in [0.15, 0.2) is 0 Å². The number of thiol groups is 1. The summed E-state index contributed by atoms with van der Waals surface area (Å²) in [4.78, 5) is 10.9. The molecule has 0 aromatic heterocycles. The smallest absolute Gasteiger partial charge is 0.224 e. The number of carbonyl (C=O) groups is 1. The first-order valence-corrected chi connectivity index (χ1v) is 3.94. The molecule has 1 unspecified atom stereocenters. The van der Waals surface area contributed by atoms with Gasteiger partial charge >= 0.3 is 0 Å². The predicted molar refractivity (Wildman–Crippen MR) is 45.1 cm³/mol. The molecule has 0 saturated heterocycles. The Bertz CT molecular complexity index is 108. The molecule has 1 amide bonds. The number of carbonyl (C=O) groups excluding carboxylic acids is 1. The highest BCUT2D eigenvalue weighted by atomic mass is 32.1. The minimum atomic E-state index is -0.0834. The molecule has 1 atom stereocenters. The molecule has 3 N–H and O–H groups in total. The van der Waals surface area contributed by atoms with Gasteiger partial charge in [0.2, 0.25) is 5.91 Å². The summed E-state index contributed by atoms with van der Waals surface area (Å²) in [5.41, 5.74) is 5.26. The number of nitrogens with one attached hydrogen (secondary N) is 1. The zero-order valence-corrected chi connectivity index (χ0v) is 7.03. The van der Waals surface area contributed by atoms with Crippen LogP contribution in [0.1, 0.15) is 6.92 Å². The van der Waals surface area contributed by atoms with Gasteiger partial charge in [-0.2, -0.15) is 12.6 Å². The maximum absolute atomic E-state index is 10.9. The van der Waals surface area contributed by atoms with Crippen molar-refractivity contribution in [2.24, 2.45) is 11.7 Å². The van der Waals surface area contributed by atoms with Crippen molar-refractivity contribution in [3.8, 4) is 0 Å². The van der Waals surface area contributed by atoms with E-state index < -0.39 is 0 Å².